The van der Waals surface area contributed by atoms with Gasteiger partial charge in [-0.1, -0.05) is 26.7 Å². The van der Waals surface area contributed by atoms with Crippen molar-refractivity contribution in [1.82, 2.24) is 10.6 Å². The fourth-order valence-electron chi connectivity index (χ4n) is 3.36. The fourth-order valence-corrected chi connectivity index (χ4v) is 3.36. The highest BCUT2D eigenvalue weighted by Gasteiger charge is 2.40. The standard InChI is InChI=1S/C20H25BF6N2O4/c1-10(2)7-16(21(32)33)29-18(31)15(8-11-3-4-11)28-17(30)13-9-12(19(22,23)24)5-6-14(13)20(25,26)27/h5-6,9-11,15-16,32-33H,3-4,7-8H2,1-2H3,(H,28,30)(H,29,31)/t15?,16-/m0/s1. The molecular weight excluding hydrogens is 457 g/mol. The van der Waals surface area contributed by atoms with Crippen LogP contribution in [0.2, 0.25) is 0 Å². The molecule has 0 aromatic heterocycles. The van der Waals surface area contributed by atoms with E-state index >= 15 is 0 Å². The maximum absolute atomic E-state index is 13.3. The van der Waals surface area contributed by atoms with E-state index < -0.39 is 60.0 Å². The van der Waals surface area contributed by atoms with E-state index in [1.807, 2.05) is 0 Å². The van der Waals surface area contributed by atoms with Gasteiger partial charge in [-0.25, -0.2) is 0 Å². The summed E-state index contributed by atoms with van der Waals surface area (Å²) in [6, 6.07) is -0.862. The molecule has 6 nitrogen and oxygen atoms in total. The first-order valence-electron chi connectivity index (χ1n) is 10.4. The molecule has 184 valence electrons. The summed E-state index contributed by atoms with van der Waals surface area (Å²) in [6.45, 7) is 3.52. The third kappa shape index (κ3) is 7.92. The van der Waals surface area contributed by atoms with Crippen molar-refractivity contribution in [2.45, 2.75) is 63.9 Å². The van der Waals surface area contributed by atoms with Crippen LogP contribution in [0, 0.1) is 11.8 Å². The zero-order valence-corrected chi connectivity index (χ0v) is 17.9. The van der Waals surface area contributed by atoms with Crippen molar-refractivity contribution < 1.29 is 46.0 Å². The minimum atomic E-state index is -5.10. The Morgan fingerprint density at radius 3 is 2.12 bits per heavy atom. The van der Waals surface area contributed by atoms with Gasteiger partial charge < -0.3 is 20.7 Å². The first-order valence-corrected chi connectivity index (χ1v) is 10.4. The Hall–Kier alpha value is -2.28. The van der Waals surface area contributed by atoms with Crippen LogP contribution in [-0.2, 0) is 17.1 Å². The van der Waals surface area contributed by atoms with E-state index in [9.17, 15) is 46.0 Å². The number of nitrogens with one attached hydrogen (secondary N) is 2. The Morgan fingerprint density at radius 2 is 1.67 bits per heavy atom. The summed E-state index contributed by atoms with van der Waals surface area (Å²) in [5.41, 5.74) is -4.27. The van der Waals surface area contributed by atoms with Crippen molar-refractivity contribution >= 4 is 18.9 Å². The van der Waals surface area contributed by atoms with Gasteiger partial charge in [0, 0.05) is 0 Å². The van der Waals surface area contributed by atoms with Gasteiger partial charge in [0.25, 0.3) is 5.91 Å². The lowest BCUT2D eigenvalue weighted by atomic mass is 9.75. The summed E-state index contributed by atoms with van der Waals surface area (Å²) in [6.07, 6.45) is -8.43. The van der Waals surface area contributed by atoms with Crippen LogP contribution in [0.25, 0.3) is 0 Å². The molecule has 1 aliphatic carbocycles. The van der Waals surface area contributed by atoms with Crippen molar-refractivity contribution in [1.29, 1.82) is 0 Å². The Kier molecular flexibility index (Phi) is 8.44. The second kappa shape index (κ2) is 10.3. The van der Waals surface area contributed by atoms with E-state index in [1.54, 1.807) is 13.8 Å². The van der Waals surface area contributed by atoms with Crippen LogP contribution in [-0.4, -0.2) is 41.0 Å². The van der Waals surface area contributed by atoms with Crippen molar-refractivity contribution in [3.05, 3.63) is 34.9 Å². The van der Waals surface area contributed by atoms with E-state index in [2.05, 4.69) is 10.6 Å². The van der Waals surface area contributed by atoms with Gasteiger partial charge in [0.2, 0.25) is 5.91 Å². The van der Waals surface area contributed by atoms with Gasteiger partial charge in [0.1, 0.15) is 6.04 Å². The second-order valence-electron chi connectivity index (χ2n) is 8.62. The molecular formula is C20H25BF6N2O4. The smallest absolute Gasteiger partial charge is 0.426 e. The van der Waals surface area contributed by atoms with Crippen molar-refractivity contribution in [3.63, 3.8) is 0 Å². The number of amides is 2. The summed E-state index contributed by atoms with van der Waals surface area (Å²) in [5.74, 6) is -3.50. The second-order valence-corrected chi connectivity index (χ2v) is 8.62. The Balaban J connectivity index is 2.31. The molecule has 2 amide bonds. The molecule has 1 unspecified atom stereocenters. The average molecular weight is 482 g/mol. The Labute approximate surface area is 186 Å². The molecule has 1 aromatic rings. The summed E-state index contributed by atoms with van der Waals surface area (Å²) < 4.78 is 79.1. The first kappa shape index (κ1) is 27.0. The van der Waals surface area contributed by atoms with E-state index in [0.29, 0.717) is 0 Å². The van der Waals surface area contributed by atoms with Crippen molar-refractivity contribution in [2.24, 2.45) is 11.8 Å². The predicted octanol–water partition coefficient (Wildman–Crippen LogP) is 3.17. The van der Waals surface area contributed by atoms with E-state index in [-0.39, 0.29) is 42.9 Å². The van der Waals surface area contributed by atoms with Crippen LogP contribution in [0.3, 0.4) is 0 Å². The molecule has 2 rings (SSSR count). The first-order chi connectivity index (χ1) is 15.1. The molecule has 0 radical (unpaired) electrons. The zero-order chi connectivity index (χ0) is 25.1. The summed E-state index contributed by atoms with van der Waals surface area (Å²) in [4.78, 5) is 25.4. The monoisotopic (exact) mass is 482 g/mol. The topological polar surface area (TPSA) is 98.7 Å². The molecule has 1 aromatic carbocycles. The lowest BCUT2D eigenvalue weighted by molar-refractivity contribution is -0.141. The SMILES string of the molecule is CC(C)C[C@H](NC(=O)C(CC1CC1)NC(=O)c1cc(C(F)(F)F)ccc1C(F)(F)F)B(O)O. The van der Waals surface area contributed by atoms with E-state index in [0.717, 1.165) is 12.8 Å². The predicted molar refractivity (Wildman–Crippen MR) is 107 cm³/mol. The quantitative estimate of drug-likeness (QED) is 0.321. The fraction of sp³-hybridized carbons (Fsp3) is 0.600. The number of hydrogen-bond acceptors (Lipinski definition) is 4. The number of benzene rings is 1. The molecule has 2 atom stereocenters. The molecule has 1 fully saturated rings. The summed E-state index contributed by atoms with van der Waals surface area (Å²) in [7, 11) is -1.92. The third-order valence-electron chi connectivity index (χ3n) is 5.20. The van der Waals surface area contributed by atoms with Crippen LogP contribution in [0.5, 0.6) is 0 Å². The molecule has 0 heterocycles. The minimum Gasteiger partial charge on any atom is -0.426 e. The van der Waals surface area contributed by atoms with Crippen LogP contribution < -0.4 is 10.6 Å². The third-order valence-corrected chi connectivity index (χ3v) is 5.20. The highest BCUT2D eigenvalue weighted by molar-refractivity contribution is 6.43. The molecule has 1 saturated carbocycles. The summed E-state index contributed by atoms with van der Waals surface area (Å²) in [5, 5.41) is 23.5. The summed E-state index contributed by atoms with van der Waals surface area (Å²) >= 11 is 0. The molecule has 13 heteroatoms. The van der Waals surface area contributed by atoms with Gasteiger partial charge in [0.05, 0.1) is 22.6 Å². The normalized spacial score (nSPS) is 16.3. The maximum atomic E-state index is 13.3. The van der Waals surface area contributed by atoms with Crippen LogP contribution in [0.15, 0.2) is 18.2 Å². The van der Waals surface area contributed by atoms with Gasteiger partial charge >= 0.3 is 19.5 Å². The van der Waals surface area contributed by atoms with E-state index in [1.165, 1.54) is 0 Å². The average Bonchev–Trinajstić information content (AvgIpc) is 3.48. The molecule has 4 N–H and O–H groups in total. The number of carbonyl (C=O) groups excluding carboxylic acids is 2. The number of halogens is 6. The van der Waals surface area contributed by atoms with Crippen LogP contribution in [0.4, 0.5) is 26.3 Å². The van der Waals surface area contributed by atoms with Gasteiger partial charge in [0.15, 0.2) is 0 Å². The lowest BCUT2D eigenvalue weighted by Gasteiger charge is -2.25. The maximum Gasteiger partial charge on any atom is 0.475 e. The lowest BCUT2D eigenvalue weighted by Crippen LogP contribution is -2.54. The van der Waals surface area contributed by atoms with Gasteiger partial charge in [-0.15, -0.1) is 0 Å². The number of hydrogen-bond donors (Lipinski definition) is 4. The highest BCUT2D eigenvalue weighted by atomic mass is 19.4. The van der Waals surface area contributed by atoms with Gasteiger partial charge in [-0.3, -0.25) is 9.59 Å². The largest absolute Gasteiger partial charge is 0.475 e. The minimum absolute atomic E-state index is 0.00671. The molecule has 1 aliphatic rings. The molecule has 33 heavy (non-hydrogen) atoms. The van der Waals surface area contributed by atoms with Crippen molar-refractivity contribution in [2.75, 3.05) is 0 Å². The Bertz CT molecular complexity index is 856. The van der Waals surface area contributed by atoms with Crippen LogP contribution >= 0.6 is 0 Å². The number of rotatable bonds is 9. The number of alkyl halides is 6. The molecule has 0 aliphatic heterocycles. The highest BCUT2D eigenvalue weighted by Crippen LogP contribution is 2.37. The van der Waals surface area contributed by atoms with Crippen LogP contribution in [0.1, 0.15) is 61.0 Å². The molecule has 0 saturated heterocycles. The Morgan fingerprint density at radius 1 is 1.06 bits per heavy atom. The van der Waals surface area contributed by atoms with E-state index in [4.69, 9.17) is 0 Å². The van der Waals surface area contributed by atoms with Crippen molar-refractivity contribution in [3.8, 4) is 0 Å². The van der Waals surface area contributed by atoms with Gasteiger partial charge in [-0.2, -0.15) is 26.3 Å². The molecule has 0 spiro atoms. The number of carbonyl (C=O) groups is 2. The molecule has 0 bridgehead atoms. The van der Waals surface area contributed by atoms with Gasteiger partial charge in [-0.05, 0) is 42.9 Å². The zero-order valence-electron chi connectivity index (χ0n) is 17.9.